The van der Waals surface area contributed by atoms with Crippen LogP contribution < -0.4 is 4.90 Å². The molecule has 1 fully saturated rings. The number of fused-ring (bicyclic) bond motifs is 1. The smallest absolute Gasteiger partial charge is 0.321 e. The van der Waals surface area contributed by atoms with Gasteiger partial charge < -0.3 is 9.47 Å². The van der Waals surface area contributed by atoms with Crippen LogP contribution in [0.1, 0.15) is 65.1 Å². The summed E-state index contributed by atoms with van der Waals surface area (Å²) in [6.07, 6.45) is -3.69. The van der Waals surface area contributed by atoms with Gasteiger partial charge in [0.1, 0.15) is 12.2 Å². The third-order valence-corrected chi connectivity index (χ3v) is 7.99. The van der Waals surface area contributed by atoms with Crippen LogP contribution >= 0.6 is 0 Å². The predicted octanol–water partition coefficient (Wildman–Crippen LogP) is 5.74. The predicted molar refractivity (Wildman–Crippen MR) is 136 cm³/mol. The average Bonchev–Trinajstić information content (AvgIpc) is 3.39. The molecule has 0 N–H and O–H groups in total. The van der Waals surface area contributed by atoms with Crippen molar-refractivity contribution >= 4 is 11.6 Å². The molecule has 1 saturated carbocycles. The molecule has 0 unspecified atom stereocenters. The fourth-order valence-electron chi connectivity index (χ4n) is 5.63. The quantitative estimate of drug-likeness (QED) is 0.354. The van der Waals surface area contributed by atoms with Gasteiger partial charge in [-0.2, -0.15) is 13.2 Å². The summed E-state index contributed by atoms with van der Waals surface area (Å²) in [7, 11) is 3.55. The summed E-state index contributed by atoms with van der Waals surface area (Å²) >= 11 is 0. The topological polar surface area (TPSA) is 54.3 Å². The Labute approximate surface area is 223 Å². The van der Waals surface area contributed by atoms with Gasteiger partial charge in [0.05, 0.1) is 12.1 Å². The lowest BCUT2D eigenvalue weighted by molar-refractivity contribution is -0.138. The van der Waals surface area contributed by atoms with Crippen LogP contribution in [0, 0.1) is 0 Å². The molecule has 208 valence electrons. The first-order valence-electron chi connectivity index (χ1n) is 12.8. The van der Waals surface area contributed by atoms with E-state index in [-0.39, 0.29) is 36.7 Å². The summed E-state index contributed by atoms with van der Waals surface area (Å²) in [4.78, 5) is 16.7. The second-order valence-corrected chi connectivity index (χ2v) is 11.1. The first-order chi connectivity index (χ1) is 18.2. The third-order valence-electron chi connectivity index (χ3n) is 7.99. The van der Waals surface area contributed by atoms with Crippen LogP contribution in [0.15, 0.2) is 42.7 Å². The molecule has 2 aliphatic rings. The van der Waals surface area contributed by atoms with E-state index in [1.807, 2.05) is 25.8 Å². The van der Waals surface area contributed by atoms with Gasteiger partial charge in [-0.15, -0.1) is 10.2 Å². The van der Waals surface area contributed by atoms with Gasteiger partial charge in [-0.05, 0) is 61.9 Å². The van der Waals surface area contributed by atoms with Crippen molar-refractivity contribution < 1.29 is 26.7 Å². The van der Waals surface area contributed by atoms with Crippen molar-refractivity contribution in [3.05, 3.63) is 76.4 Å². The minimum absolute atomic E-state index is 0.0198. The molecule has 0 atom stereocenters. The van der Waals surface area contributed by atoms with Crippen molar-refractivity contribution in [1.82, 2.24) is 19.7 Å². The fraction of sp³-hybridized carbons (Fsp3) is 0.464. The van der Waals surface area contributed by atoms with Crippen LogP contribution in [-0.4, -0.2) is 44.6 Å². The maximum absolute atomic E-state index is 14.2. The molecule has 0 bridgehead atoms. The highest BCUT2D eigenvalue weighted by molar-refractivity contribution is 6.10. The second-order valence-electron chi connectivity index (χ2n) is 11.1. The van der Waals surface area contributed by atoms with Crippen molar-refractivity contribution in [3.63, 3.8) is 0 Å². The molecule has 6 nitrogen and oxygen atoms in total. The Morgan fingerprint density at radius 3 is 2.44 bits per heavy atom. The summed E-state index contributed by atoms with van der Waals surface area (Å²) in [5.74, 6) is -2.83. The average molecular weight is 548 g/mol. The van der Waals surface area contributed by atoms with Crippen LogP contribution in [0.25, 0.3) is 0 Å². The number of carbonyl (C=O) groups excluding carboxylic acids is 1. The monoisotopic (exact) mass is 547 g/mol. The Balaban J connectivity index is 1.50. The minimum Gasteiger partial charge on any atom is -0.321 e. The zero-order chi connectivity index (χ0) is 28.3. The Bertz CT molecular complexity index is 1410. The number of anilines is 1. The van der Waals surface area contributed by atoms with Gasteiger partial charge in [-0.1, -0.05) is 12.1 Å². The number of aryl methyl sites for hydroxylation is 1. The summed E-state index contributed by atoms with van der Waals surface area (Å²) in [5, 5.41) is 7.91. The van der Waals surface area contributed by atoms with E-state index in [9.17, 15) is 26.7 Å². The number of aromatic nitrogens is 3. The summed E-state index contributed by atoms with van der Waals surface area (Å²) < 4.78 is 72.4. The Morgan fingerprint density at radius 2 is 1.85 bits per heavy atom. The standard InChI is InChI=1S/C28H30F5N5O/c1-17(2)36(3)12-18-8-21-22(23(9-18)28(31,32)33)13-38(25(21)39)20-7-5-6-19(10-20)26(14-27(29,30)15-26)11-24-35-34-16-37(24)4/h5-10,16-17H,11-15H2,1-4H3. The maximum Gasteiger partial charge on any atom is 0.416 e. The van der Waals surface area contributed by atoms with Gasteiger partial charge in [0.2, 0.25) is 5.92 Å². The Hall–Kier alpha value is -3.34. The van der Waals surface area contributed by atoms with Crippen molar-refractivity contribution in [2.75, 3.05) is 11.9 Å². The highest BCUT2D eigenvalue weighted by Crippen LogP contribution is 2.55. The van der Waals surface area contributed by atoms with Crippen LogP contribution in [0.4, 0.5) is 27.6 Å². The molecule has 0 radical (unpaired) electrons. The lowest BCUT2D eigenvalue weighted by Crippen LogP contribution is -2.51. The number of hydrogen-bond acceptors (Lipinski definition) is 4. The molecule has 39 heavy (non-hydrogen) atoms. The minimum atomic E-state index is -4.63. The molecule has 1 aliphatic carbocycles. The van der Waals surface area contributed by atoms with E-state index in [1.165, 1.54) is 17.3 Å². The van der Waals surface area contributed by atoms with Crippen LogP contribution in [0.2, 0.25) is 0 Å². The van der Waals surface area contributed by atoms with Gasteiger partial charge in [0, 0.05) is 55.6 Å². The number of alkyl halides is 5. The maximum atomic E-state index is 14.2. The molecule has 2 aromatic carbocycles. The van der Waals surface area contributed by atoms with Gasteiger partial charge in [-0.25, -0.2) is 8.78 Å². The fourth-order valence-corrected chi connectivity index (χ4v) is 5.63. The van der Waals surface area contributed by atoms with Crippen molar-refractivity contribution in [2.45, 2.75) is 69.8 Å². The van der Waals surface area contributed by atoms with Crippen LogP contribution in [0.5, 0.6) is 0 Å². The van der Waals surface area contributed by atoms with E-state index in [1.54, 1.807) is 35.9 Å². The van der Waals surface area contributed by atoms with E-state index in [2.05, 4.69) is 10.2 Å². The lowest BCUT2D eigenvalue weighted by atomic mass is 9.60. The molecule has 1 aromatic heterocycles. The number of amides is 1. The summed E-state index contributed by atoms with van der Waals surface area (Å²) in [6, 6.07) is 9.43. The van der Waals surface area contributed by atoms with E-state index >= 15 is 0 Å². The van der Waals surface area contributed by atoms with Gasteiger partial charge in [0.25, 0.3) is 5.91 Å². The molecule has 2 heterocycles. The molecule has 1 amide bonds. The van der Waals surface area contributed by atoms with Crippen LogP contribution in [-0.2, 0) is 38.1 Å². The number of hydrogen-bond donors (Lipinski definition) is 0. The van der Waals surface area contributed by atoms with Gasteiger partial charge in [0.15, 0.2) is 0 Å². The number of rotatable bonds is 7. The third kappa shape index (κ3) is 5.04. The normalized spacial score (nSPS) is 18.1. The highest BCUT2D eigenvalue weighted by atomic mass is 19.4. The molecule has 0 spiro atoms. The first-order valence-corrected chi connectivity index (χ1v) is 12.8. The van der Waals surface area contributed by atoms with Crippen molar-refractivity contribution in [3.8, 4) is 0 Å². The summed E-state index contributed by atoms with van der Waals surface area (Å²) in [5.41, 5.74) is -0.439. The largest absolute Gasteiger partial charge is 0.416 e. The van der Waals surface area contributed by atoms with Crippen molar-refractivity contribution in [1.29, 1.82) is 0 Å². The van der Waals surface area contributed by atoms with Gasteiger partial charge >= 0.3 is 6.18 Å². The zero-order valence-corrected chi connectivity index (χ0v) is 22.2. The second kappa shape index (κ2) is 9.39. The molecule has 1 aliphatic heterocycles. The molecule has 0 saturated heterocycles. The summed E-state index contributed by atoms with van der Waals surface area (Å²) in [6.45, 7) is 3.88. The molecule has 11 heteroatoms. The molecule has 5 rings (SSSR count). The number of benzene rings is 2. The number of carbonyl (C=O) groups is 1. The SMILES string of the molecule is CC(C)N(C)Cc1cc2c(c(C(F)(F)F)c1)CN(c1cccc(C3(Cc4nncn4C)CC(F)(F)C3)c1)C2=O. The Kier molecular flexibility index (Phi) is 6.56. The van der Waals surface area contributed by atoms with E-state index in [0.29, 0.717) is 22.6 Å². The van der Waals surface area contributed by atoms with Crippen molar-refractivity contribution in [2.24, 2.45) is 7.05 Å². The lowest BCUT2D eigenvalue weighted by Gasteiger charge is -2.48. The number of halogens is 5. The molecule has 3 aromatic rings. The van der Waals surface area contributed by atoms with E-state index in [4.69, 9.17) is 0 Å². The number of nitrogens with zero attached hydrogens (tertiary/aromatic N) is 5. The van der Waals surface area contributed by atoms with Gasteiger partial charge in [-0.3, -0.25) is 9.69 Å². The van der Waals surface area contributed by atoms with E-state index in [0.717, 1.165) is 6.07 Å². The molecular formula is C28H30F5N5O. The highest BCUT2D eigenvalue weighted by Gasteiger charge is 2.57. The zero-order valence-electron chi connectivity index (χ0n) is 22.2. The Morgan fingerprint density at radius 1 is 1.13 bits per heavy atom. The molecular weight excluding hydrogens is 517 g/mol. The van der Waals surface area contributed by atoms with E-state index < -0.39 is 41.8 Å². The first kappa shape index (κ1) is 27.2. The van der Waals surface area contributed by atoms with Crippen LogP contribution in [0.3, 0.4) is 0 Å².